The molecule has 1 saturated carbocycles. The van der Waals surface area contributed by atoms with Gasteiger partial charge in [-0.1, -0.05) is 19.0 Å². The van der Waals surface area contributed by atoms with E-state index in [0.717, 1.165) is 17.0 Å². The molecule has 0 aromatic carbocycles. The van der Waals surface area contributed by atoms with Crippen molar-refractivity contribution >= 4 is 0 Å². The first-order chi connectivity index (χ1) is 8.16. The third kappa shape index (κ3) is 1.77. The predicted octanol–water partition coefficient (Wildman–Crippen LogP) is 3.08. The summed E-state index contributed by atoms with van der Waals surface area (Å²) in [4.78, 5) is 0. The number of aryl methyl sites for hydroxylation is 1. The highest BCUT2D eigenvalue weighted by atomic mass is 16.5. The Morgan fingerprint density at radius 3 is 2.71 bits per heavy atom. The molecule has 0 bridgehead atoms. The van der Waals surface area contributed by atoms with Gasteiger partial charge in [-0.15, -0.1) is 0 Å². The molecule has 0 atom stereocenters. The maximum absolute atomic E-state index is 5.56. The highest BCUT2D eigenvalue weighted by Crippen LogP contribution is 2.46. The Bertz CT molecular complexity index is 515. The van der Waals surface area contributed by atoms with Gasteiger partial charge in [-0.2, -0.15) is 5.10 Å². The molecule has 90 valence electrons. The van der Waals surface area contributed by atoms with E-state index in [-0.39, 0.29) is 0 Å². The number of rotatable bonds is 3. The second-order valence-electron chi connectivity index (χ2n) is 5.14. The van der Waals surface area contributed by atoms with Gasteiger partial charge in [0.25, 0.3) is 0 Å². The lowest BCUT2D eigenvalue weighted by molar-refractivity contribution is 0.376. The molecule has 2 aromatic rings. The van der Waals surface area contributed by atoms with Crippen LogP contribution in [0.15, 0.2) is 16.9 Å². The van der Waals surface area contributed by atoms with Crippen LogP contribution in [0, 0.1) is 0 Å². The molecule has 0 radical (unpaired) electrons. The average Bonchev–Trinajstić information content (AvgIpc) is 2.88. The molecule has 1 fully saturated rings. The van der Waals surface area contributed by atoms with E-state index in [4.69, 9.17) is 4.52 Å². The third-order valence-corrected chi connectivity index (χ3v) is 3.23. The van der Waals surface area contributed by atoms with Crippen LogP contribution in [0.4, 0.5) is 0 Å². The Balaban J connectivity index is 2.13. The highest BCUT2D eigenvalue weighted by molar-refractivity contribution is 5.68. The van der Waals surface area contributed by atoms with Crippen LogP contribution in [0.2, 0.25) is 0 Å². The van der Waals surface area contributed by atoms with Crippen molar-refractivity contribution in [3.63, 3.8) is 0 Å². The molecule has 0 N–H and O–H groups in total. The van der Waals surface area contributed by atoms with Gasteiger partial charge in [0.1, 0.15) is 5.76 Å². The molecule has 4 nitrogen and oxygen atoms in total. The molecule has 1 aliphatic carbocycles. The van der Waals surface area contributed by atoms with Crippen molar-refractivity contribution in [3.8, 4) is 11.1 Å². The van der Waals surface area contributed by atoms with E-state index in [1.807, 2.05) is 24.1 Å². The summed E-state index contributed by atoms with van der Waals surface area (Å²) in [6.45, 7) is 4.29. The minimum atomic E-state index is 0.376. The Kier molecular flexibility index (Phi) is 2.31. The number of aromatic nitrogens is 3. The lowest BCUT2D eigenvalue weighted by Crippen LogP contribution is -1.91. The summed E-state index contributed by atoms with van der Waals surface area (Å²) in [7, 11) is 1.93. The zero-order valence-electron chi connectivity index (χ0n) is 10.5. The summed E-state index contributed by atoms with van der Waals surface area (Å²) >= 11 is 0. The highest BCUT2D eigenvalue weighted by Gasteiger charge is 2.33. The minimum absolute atomic E-state index is 0.376. The Morgan fingerprint density at radius 2 is 2.18 bits per heavy atom. The summed E-state index contributed by atoms with van der Waals surface area (Å²) in [5, 5.41) is 8.49. The Labute approximate surface area is 101 Å². The molecule has 0 saturated heterocycles. The van der Waals surface area contributed by atoms with Gasteiger partial charge in [-0.25, -0.2) is 0 Å². The molecular formula is C13H17N3O. The van der Waals surface area contributed by atoms with Gasteiger partial charge in [0.15, 0.2) is 0 Å². The second-order valence-corrected chi connectivity index (χ2v) is 5.14. The van der Waals surface area contributed by atoms with E-state index < -0.39 is 0 Å². The normalized spacial score (nSPS) is 15.8. The van der Waals surface area contributed by atoms with Crippen molar-refractivity contribution < 1.29 is 4.52 Å². The van der Waals surface area contributed by atoms with Gasteiger partial charge in [-0.05, 0) is 18.8 Å². The fraction of sp³-hybridized carbons (Fsp3) is 0.538. The number of hydrogen-bond acceptors (Lipinski definition) is 3. The van der Waals surface area contributed by atoms with Crippen LogP contribution < -0.4 is 0 Å². The topological polar surface area (TPSA) is 43.9 Å². The van der Waals surface area contributed by atoms with Crippen LogP contribution in [-0.2, 0) is 7.05 Å². The second kappa shape index (κ2) is 3.72. The molecule has 2 aromatic heterocycles. The van der Waals surface area contributed by atoms with Crippen LogP contribution in [0.3, 0.4) is 0 Å². The Morgan fingerprint density at radius 1 is 1.41 bits per heavy atom. The van der Waals surface area contributed by atoms with Crippen molar-refractivity contribution in [2.45, 2.75) is 38.5 Å². The smallest absolute Gasteiger partial charge is 0.148 e. The summed E-state index contributed by atoms with van der Waals surface area (Å²) < 4.78 is 7.38. The van der Waals surface area contributed by atoms with Crippen molar-refractivity contribution in [1.29, 1.82) is 0 Å². The van der Waals surface area contributed by atoms with E-state index in [1.165, 1.54) is 18.4 Å². The average molecular weight is 231 g/mol. The molecule has 0 unspecified atom stereocenters. The van der Waals surface area contributed by atoms with Crippen molar-refractivity contribution in [2.75, 3.05) is 0 Å². The Hall–Kier alpha value is -1.58. The maximum atomic E-state index is 5.56. The zero-order chi connectivity index (χ0) is 12.0. The molecule has 0 spiro atoms. The molecular weight excluding hydrogens is 214 g/mol. The SMILES string of the molecule is CC(C)c1noc(C2CC2)c1-c1cnn(C)c1. The quantitative estimate of drug-likeness (QED) is 0.815. The molecule has 4 heteroatoms. The van der Waals surface area contributed by atoms with E-state index in [1.54, 1.807) is 0 Å². The van der Waals surface area contributed by atoms with Crippen molar-refractivity contribution in [2.24, 2.45) is 7.05 Å². The third-order valence-electron chi connectivity index (χ3n) is 3.23. The van der Waals surface area contributed by atoms with Gasteiger partial charge >= 0.3 is 0 Å². The maximum Gasteiger partial charge on any atom is 0.148 e. The van der Waals surface area contributed by atoms with Crippen molar-refractivity contribution in [1.82, 2.24) is 14.9 Å². The molecule has 0 amide bonds. The largest absolute Gasteiger partial charge is 0.360 e. The minimum Gasteiger partial charge on any atom is -0.360 e. The van der Waals surface area contributed by atoms with Gasteiger partial charge in [0.05, 0.1) is 17.5 Å². The van der Waals surface area contributed by atoms with E-state index in [2.05, 4.69) is 24.1 Å². The fourth-order valence-corrected chi connectivity index (χ4v) is 2.17. The first kappa shape index (κ1) is 10.6. The monoisotopic (exact) mass is 231 g/mol. The van der Waals surface area contributed by atoms with Crippen LogP contribution in [-0.4, -0.2) is 14.9 Å². The van der Waals surface area contributed by atoms with Crippen LogP contribution in [0.1, 0.15) is 50.0 Å². The molecule has 3 rings (SSSR count). The number of nitrogens with zero attached hydrogens (tertiary/aromatic N) is 3. The van der Waals surface area contributed by atoms with Gasteiger partial charge in [0, 0.05) is 24.7 Å². The van der Waals surface area contributed by atoms with Crippen LogP contribution >= 0.6 is 0 Å². The van der Waals surface area contributed by atoms with Gasteiger partial charge < -0.3 is 4.52 Å². The summed E-state index contributed by atoms with van der Waals surface area (Å²) in [6.07, 6.45) is 6.37. The van der Waals surface area contributed by atoms with E-state index >= 15 is 0 Å². The fourth-order valence-electron chi connectivity index (χ4n) is 2.17. The first-order valence-electron chi connectivity index (χ1n) is 6.15. The zero-order valence-corrected chi connectivity index (χ0v) is 10.5. The standard InChI is InChI=1S/C13H17N3O/c1-8(2)12-11(10-6-14-16(3)7-10)13(17-15-12)9-4-5-9/h6-9H,4-5H2,1-3H3. The molecule has 1 aliphatic rings. The van der Waals surface area contributed by atoms with Crippen LogP contribution in [0.5, 0.6) is 0 Å². The van der Waals surface area contributed by atoms with E-state index in [9.17, 15) is 0 Å². The van der Waals surface area contributed by atoms with E-state index in [0.29, 0.717) is 11.8 Å². The molecule has 17 heavy (non-hydrogen) atoms. The molecule has 0 aliphatic heterocycles. The first-order valence-corrected chi connectivity index (χ1v) is 6.15. The summed E-state index contributed by atoms with van der Waals surface area (Å²) in [6, 6.07) is 0. The van der Waals surface area contributed by atoms with Gasteiger partial charge in [0.2, 0.25) is 0 Å². The number of hydrogen-bond donors (Lipinski definition) is 0. The summed E-state index contributed by atoms with van der Waals surface area (Å²) in [5.74, 6) is 2.01. The predicted molar refractivity (Wildman–Crippen MR) is 64.8 cm³/mol. The lowest BCUT2D eigenvalue weighted by Gasteiger charge is -2.03. The van der Waals surface area contributed by atoms with Crippen molar-refractivity contribution in [3.05, 3.63) is 23.8 Å². The lowest BCUT2D eigenvalue weighted by atomic mass is 9.98. The van der Waals surface area contributed by atoms with Crippen LogP contribution in [0.25, 0.3) is 11.1 Å². The summed E-state index contributed by atoms with van der Waals surface area (Å²) in [5.41, 5.74) is 3.36. The molecule has 2 heterocycles. The van der Waals surface area contributed by atoms with Gasteiger partial charge in [-0.3, -0.25) is 4.68 Å².